The molecule has 2 atom stereocenters. The minimum atomic E-state index is -0.731. The fourth-order valence-corrected chi connectivity index (χ4v) is 1.93. The molecule has 1 saturated carbocycles. The van der Waals surface area contributed by atoms with Crippen LogP contribution in [0.5, 0.6) is 0 Å². The van der Waals surface area contributed by atoms with Gasteiger partial charge in [-0.1, -0.05) is 6.08 Å². The van der Waals surface area contributed by atoms with Gasteiger partial charge in [0.1, 0.15) is 5.78 Å². The third-order valence-corrected chi connectivity index (χ3v) is 2.87. The van der Waals surface area contributed by atoms with Crippen LogP contribution in [0.2, 0.25) is 0 Å². The molecule has 2 N–H and O–H groups in total. The average Bonchev–Trinajstić information content (AvgIpc) is 2.18. The predicted molar refractivity (Wildman–Crippen MR) is 53.8 cm³/mol. The second-order valence-electron chi connectivity index (χ2n) is 3.96. The van der Waals surface area contributed by atoms with Crippen molar-refractivity contribution in [3.8, 4) is 0 Å². The number of carbonyl (C=O) groups is 1. The van der Waals surface area contributed by atoms with Gasteiger partial charge in [-0.25, -0.2) is 0 Å². The third kappa shape index (κ3) is 2.93. The zero-order chi connectivity index (χ0) is 10.6. The minimum Gasteiger partial charge on any atom is -0.390 e. The van der Waals surface area contributed by atoms with Gasteiger partial charge in [0.15, 0.2) is 0 Å². The van der Waals surface area contributed by atoms with E-state index in [0.29, 0.717) is 32.1 Å². The Morgan fingerprint density at radius 1 is 1.43 bits per heavy atom. The van der Waals surface area contributed by atoms with E-state index in [1.54, 1.807) is 6.08 Å². The van der Waals surface area contributed by atoms with Crippen molar-refractivity contribution >= 4 is 5.78 Å². The standard InChI is InChI=1S/C11H18O3/c1-2-3-10(13)11(14)8-4-6-9(12)7-5-8/h2,8,10-11,13-14H,1,3-7H2. The summed E-state index contributed by atoms with van der Waals surface area (Å²) in [5.74, 6) is 0.342. The van der Waals surface area contributed by atoms with Crippen molar-refractivity contribution < 1.29 is 15.0 Å². The van der Waals surface area contributed by atoms with Crippen molar-refractivity contribution in [3.63, 3.8) is 0 Å². The second-order valence-corrected chi connectivity index (χ2v) is 3.96. The molecule has 1 fully saturated rings. The Hall–Kier alpha value is -0.670. The maximum Gasteiger partial charge on any atom is 0.132 e. The summed E-state index contributed by atoms with van der Waals surface area (Å²) in [5.41, 5.74) is 0. The molecule has 0 amide bonds. The van der Waals surface area contributed by atoms with E-state index in [4.69, 9.17) is 0 Å². The largest absolute Gasteiger partial charge is 0.390 e. The SMILES string of the molecule is C=CCC(O)C(O)C1CCC(=O)CC1. The number of carbonyl (C=O) groups excluding carboxylic acids is 1. The molecule has 0 radical (unpaired) electrons. The van der Waals surface area contributed by atoms with Gasteiger partial charge in [-0.3, -0.25) is 4.79 Å². The fourth-order valence-electron chi connectivity index (χ4n) is 1.93. The molecule has 3 heteroatoms. The minimum absolute atomic E-state index is 0.0719. The number of ketones is 1. The quantitative estimate of drug-likeness (QED) is 0.664. The molecule has 14 heavy (non-hydrogen) atoms. The molecular formula is C11H18O3. The molecule has 0 aromatic rings. The Kier molecular flexibility index (Phi) is 4.29. The van der Waals surface area contributed by atoms with Crippen LogP contribution in [0.25, 0.3) is 0 Å². The van der Waals surface area contributed by atoms with Crippen molar-refractivity contribution in [1.82, 2.24) is 0 Å². The van der Waals surface area contributed by atoms with Crippen molar-refractivity contribution in [2.24, 2.45) is 5.92 Å². The van der Waals surface area contributed by atoms with Crippen LogP contribution in [-0.2, 0) is 4.79 Å². The predicted octanol–water partition coefficient (Wildman–Crippen LogP) is 1.04. The van der Waals surface area contributed by atoms with Crippen LogP contribution in [0, 0.1) is 5.92 Å². The maximum atomic E-state index is 11.0. The first-order valence-corrected chi connectivity index (χ1v) is 5.14. The van der Waals surface area contributed by atoms with Gasteiger partial charge in [-0.2, -0.15) is 0 Å². The lowest BCUT2D eigenvalue weighted by Crippen LogP contribution is -2.35. The summed E-state index contributed by atoms with van der Waals surface area (Å²) in [7, 11) is 0. The van der Waals surface area contributed by atoms with E-state index in [1.807, 2.05) is 0 Å². The van der Waals surface area contributed by atoms with Gasteiger partial charge in [0.05, 0.1) is 12.2 Å². The summed E-state index contributed by atoms with van der Waals surface area (Å²) in [4.78, 5) is 11.0. The lowest BCUT2D eigenvalue weighted by Gasteiger charge is -2.28. The highest BCUT2D eigenvalue weighted by Gasteiger charge is 2.28. The highest BCUT2D eigenvalue weighted by atomic mass is 16.3. The first-order valence-electron chi connectivity index (χ1n) is 5.14. The molecule has 0 saturated heterocycles. The van der Waals surface area contributed by atoms with Gasteiger partial charge >= 0.3 is 0 Å². The molecule has 0 aromatic carbocycles. The molecular weight excluding hydrogens is 180 g/mol. The number of aliphatic hydroxyl groups is 2. The van der Waals surface area contributed by atoms with E-state index in [-0.39, 0.29) is 11.7 Å². The first kappa shape index (κ1) is 11.4. The van der Waals surface area contributed by atoms with Crippen LogP contribution in [0.4, 0.5) is 0 Å². The Labute approximate surface area is 84.4 Å². The highest BCUT2D eigenvalue weighted by Crippen LogP contribution is 2.26. The normalized spacial score (nSPS) is 23.1. The fraction of sp³-hybridized carbons (Fsp3) is 0.727. The highest BCUT2D eigenvalue weighted by molar-refractivity contribution is 5.79. The Morgan fingerprint density at radius 2 is 2.00 bits per heavy atom. The van der Waals surface area contributed by atoms with Crippen molar-refractivity contribution in [2.45, 2.75) is 44.3 Å². The Bertz CT molecular complexity index is 203. The van der Waals surface area contributed by atoms with Crippen molar-refractivity contribution in [3.05, 3.63) is 12.7 Å². The molecule has 1 aliphatic rings. The summed E-state index contributed by atoms with van der Waals surface area (Å²) in [6.45, 7) is 3.52. The lowest BCUT2D eigenvalue weighted by molar-refractivity contribution is -0.122. The Morgan fingerprint density at radius 3 is 2.50 bits per heavy atom. The molecule has 0 spiro atoms. The average molecular weight is 198 g/mol. The zero-order valence-electron chi connectivity index (χ0n) is 8.35. The zero-order valence-corrected chi connectivity index (χ0v) is 8.35. The monoisotopic (exact) mass is 198 g/mol. The van der Waals surface area contributed by atoms with E-state index in [1.165, 1.54) is 0 Å². The summed E-state index contributed by atoms with van der Waals surface area (Å²) >= 11 is 0. The number of Topliss-reactive ketones (excluding diaryl/α,β-unsaturated/α-hetero) is 1. The van der Waals surface area contributed by atoms with Crippen LogP contribution in [0.3, 0.4) is 0 Å². The molecule has 0 aliphatic heterocycles. The van der Waals surface area contributed by atoms with Gasteiger partial charge < -0.3 is 10.2 Å². The Balaban J connectivity index is 2.40. The number of hydrogen-bond donors (Lipinski definition) is 2. The first-order chi connectivity index (χ1) is 6.65. The molecule has 1 rings (SSSR count). The van der Waals surface area contributed by atoms with Gasteiger partial charge in [0.2, 0.25) is 0 Å². The molecule has 2 unspecified atom stereocenters. The second kappa shape index (κ2) is 5.27. The summed E-state index contributed by atoms with van der Waals surface area (Å²) in [5, 5.41) is 19.3. The van der Waals surface area contributed by atoms with Gasteiger partial charge in [0.25, 0.3) is 0 Å². The lowest BCUT2D eigenvalue weighted by atomic mass is 9.82. The van der Waals surface area contributed by atoms with E-state index in [9.17, 15) is 15.0 Å². The van der Waals surface area contributed by atoms with Crippen molar-refractivity contribution in [1.29, 1.82) is 0 Å². The molecule has 0 heterocycles. The maximum absolute atomic E-state index is 11.0. The van der Waals surface area contributed by atoms with Crippen LogP contribution >= 0.6 is 0 Å². The molecule has 3 nitrogen and oxygen atoms in total. The van der Waals surface area contributed by atoms with Crippen LogP contribution in [0.1, 0.15) is 32.1 Å². The summed E-state index contributed by atoms with van der Waals surface area (Å²) in [6.07, 6.45) is 3.06. The topological polar surface area (TPSA) is 57.5 Å². The molecule has 0 bridgehead atoms. The number of aliphatic hydroxyl groups excluding tert-OH is 2. The van der Waals surface area contributed by atoms with E-state index in [2.05, 4.69) is 6.58 Å². The van der Waals surface area contributed by atoms with Gasteiger partial charge in [-0.15, -0.1) is 6.58 Å². The number of rotatable bonds is 4. The molecule has 0 aromatic heterocycles. The summed E-state index contributed by atoms with van der Waals surface area (Å²) in [6, 6.07) is 0. The third-order valence-electron chi connectivity index (χ3n) is 2.87. The van der Waals surface area contributed by atoms with Gasteiger partial charge in [-0.05, 0) is 25.2 Å². The van der Waals surface area contributed by atoms with E-state index >= 15 is 0 Å². The van der Waals surface area contributed by atoms with Gasteiger partial charge in [0, 0.05) is 12.8 Å². The van der Waals surface area contributed by atoms with E-state index in [0.717, 1.165) is 0 Å². The smallest absolute Gasteiger partial charge is 0.132 e. The van der Waals surface area contributed by atoms with Crippen molar-refractivity contribution in [2.75, 3.05) is 0 Å². The van der Waals surface area contributed by atoms with E-state index < -0.39 is 12.2 Å². The van der Waals surface area contributed by atoms with Crippen LogP contribution in [0.15, 0.2) is 12.7 Å². The summed E-state index contributed by atoms with van der Waals surface area (Å²) < 4.78 is 0. The van der Waals surface area contributed by atoms with Crippen LogP contribution in [-0.4, -0.2) is 28.2 Å². The molecule has 80 valence electrons. The number of hydrogen-bond acceptors (Lipinski definition) is 3. The van der Waals surface area contributed by atoms with Crippen LogP contribution < -0.4 is 0 Å². The molecule has 1 aliphatic carbocycles.